The van der Waals surface area contributed by atoms with Crippen molar-refractivity contribution in [3.05, 3.63) is 82.4 Å². The van der Waals surface area contributed by atoms with Crippen molar-refractivity contribution in [2.45, 2.75) is 0 Å². The second-order valence-corrected chi connectivity index (χ2v) is 7.62. The molecule has 8 nitrogen and oxygen atoms in total. The third-order valence-electron chi connectivity index (χ3n) is 5.39. The predicted octanol–water partition coefficient (Wildman–Crippen LogP) is 3.73. The van der Waals surface area contributed by atoms with Gasteiger partial charge in [-0.3, -0.25) is 9.59 Å². The maximum Gasteiger partial charge on any atom is 0.337 e. The number of esters is 1. The lowest BCUT2D eigenvalue weighted by atomic mass is 9.96. The summed E-state index contributed by atoms with van der Waals surface area (Å²) in [6.45, 7) is 0.671. The van der Waals surface area contributed by atoms with E-state index < -0.39 is 17.5 Å². The number of Topliss-reactive ketones (excluding diaryl/α,β-unsaturated/α-hetero) is 2. The molecule has 0 atom stereocenters. The molecule has 0 aliphatic carbocycles. The van der Waals surface area contributed by atoms with Crippen LogP contribution in [0.25, 0.3) is 0 Å². The molecule has 3 aromatic carbocycles. The van der Waals surface area contributed by atoms with Crippen molar-refractivity contribution >= 4 is 17.5 Å². The Bertz CT molecular complexity index is 1370. The molecule has 0 spiro atoms. The summed E-state index contributed by atoms with van der Waals surface area (Å²) in [7, 11) is 4.33. The molecule has 0 N–H and O–H groups in total. The van der Waals surface area contributed by atoms with Crippen molar-refractivity contribution in [1.82, 2.24) is 0 Å². The summed E-state index contributed by atoms with van der Waals surface area (Å²) in [5, 5.41) is 0. The van der Waals surface area contributed by atoms with E-state index in [1.807, 2.05) is 0 Å². The zero-order valence-corrected chi connectivity index (χ0v) is 19.9. The summed E-state index contributed by atoms with van der Waals surface area (Å²) < 4.78 is 26.5. The van der Waals surface area contributed by atoms with Crippen LogP contribution in [0.5, 0.6) is 23.0 Å². The minimum Gasteiger partial charge on any atom is -0.497 e. The Morgan fingerprint density at radius 2 is 1.31 bits per heavy atom. The maximum absolute atomic E-state index is 13.3. The second-order valence-electron chi connectivity index (χ2n) is 7.62. The van der Waals surface area contributed by atoms with Crippen LogP contribution in [-0.4, -0.2) is 52.1 Å². The van der Waals surface area contributed by atoms with Crippen molar-refractivity contribution in [2.75, 3.05) is 34.5 Å². The van der Waals surface area contributed by atoms with Crippen LogP contribution >= 0.6 is 0 Å². The molecule has 0 radical (unpaired) electrons. The van der Waals surface area contributed by atoms with Gasteiger partial charge in [0.15, 0.2) is 11.5 Å². The van der Waals surface area contributed by atoms with Gasteiger partial charge >= 0.3 is 5.97 Å². The van der Waals surface area contributed by atoms with Gasteiger partial charge in [-0.05, 0) is 30.3 Å². The molecule has 1 aliphatic rings. The van der Waals surface area contributed by atoms with Crippen molar-refractivity contribution in [1.29, 1.82) is 0 Å². The lowest BCUT2D eigenvalue weighted by molar-refractivity contribution is 0.0600. The quantitative estimate of drug-likeness (QED) is 0.225. The fraction of sp³-hybridized carbons (Fsp3) is 0.179. The van der Waals surface area contributed by atoms with E-state index >= 15 is 0 Å². The zero-order chi connectivity index (χ0) is 25.7. The van der Waals surface area contributed by atoms with Crippen LogP contribution in [0, 0.1) is 11.8 Å². The Balaban J connectivity index is 1.73. The van der Waals surface area contributed by atoms with Crippen LogP contribution in [0.3, 0.4) is 0 Å². The van der Waals surface area contributed by atoms with Crippen LogP contribution in [0.4, 0.5) is 0 Å². The van der Waals surface area contributed by atoms with E-state index in [9.17, 15) is 14.4 Å². The average molecular weight is 486 g/mol. The highest BCUT2D eigenvalue weighted by atomic mass is 16.6. The Kier molecular flexibility index (Phi) is 7.21. The van der Waals surface area contributed by atoms with Gasteiger partial charge in [0.05, 0.1) is 26.9 Å². The van der Waals surface area contributed by atoms with Crippen molar-refractivity contribution in [3.63, 3.8) is 0 Å². The minimum atomic E-state index is -0.773. The normalized spacial score (nSPS) is 11.5. The average Bonchev–Trinajstić information content (AvgIpc) is 2.94. The number of carbonyl (C=O) groups excluding carboxylic acids is 3. The van der Waals surface area contributed by atoms with Gasteiger partial charge in [0.2, 0.25) is 11.6 Å². The van der Waals surface area contributed by atoms with E-state index in [1.54, 1.807) is 24.3 Å². The molecule has 0 amide bonds. The molecule has 0 fully saturated rings. The molecule has 8 heteroatoms. The standard InChI is InChI=1S/C28H22O8/c1-32-21-12-17(13-22(15-21)33-2)4-5-20-14-24-25(36-11-10-35-24)16-23(20)27(30)26(29)18-6-8-19(9-7-18)28(31)34-3/h6-9,12-16H,10-11H2,1-3H3. The molecule has 4 rings (SSSR count). The van der Waals surface area contributed by atoms with Gasteiger partial charge in [0.25, 0.3) is 0 Å². The summed E-state index contributed by atoms with van der Waals surface area (Å²) in [5.74, 6) is 5.80. The summed E-state index contributed by atoms with van der Waals surface area (Å²) in [4.78, 5) is 38.0. The number of methoxy groups -OCH3 is 3. The van der Waals surface area contributed by atoms with Crippen LogP contribution in [0.15, 0.2) is 54.6 Å². The van der Waals surface area contributed by atoms with Gasteiger partial charge in [0.1, 0.15) is 24.7 Å². The van der Waals surface area contributed by atoms with Gasteiger partial charge in [-0.2, -0.15) is 0 Å². The molecular formula is C28H22O8. The number of hydrogen-bond donors (Lipinski definition) is 0. The zero-order valence-electron chi connectivity index (χ0n) is 19.9. The molecule has 3 aromatic rings. The van der Waals surface area contributed by atoms with Gasteiger partial charge in [-0.1, -0.05) is 24.0 Å². The largest absolute Gasteiger partial charge is 0.497 e. The Hall–Kier alpha value is -4.77. The smallest absolute Gasteiger partial charge is 0.337 e. The number of ether oxygens (including phenoxy) is 5. The molecule has 1 heterocycles. The second kappa shape index (κ2) is 10.7. The number of fused-ring (bicyclic) bond motifs is 1. The van der Waals surface area contributed by atoms with Gasteiger partial charge in [0, 0.05) is 34.4 Å². The molecule has 0 saturated carbocycles. The highest BCUT2D eigenvalue weighted by molar-refractivity contribution is 6.49. The Morgan fingerprint density at radius 3 is 1.89 bits per heavy atom. The molecule has 0 bridgehead atoms. The number of hydrogen-bond acceptors (Lipinski definition) is 8. The van der Waals surface area contributed by atoms with Crippen molar-refractivity contribution in [3.8, 4) is 34.8 Å². The Morgan fingerprint density at radius 1 is 0.722 bits per heavy atom. The topological polar surface area (TPSA) is 97.4 Å². The van der Waals surface area contributed by atoms with E-state index in [0.29, 0.717) is 47.3 Å². The monoisotopic (exact) mass is 486 g/mol. The predicted molar refractivity (Wildman–Crippen MR) is 129 cm³/mol. The SMILES string of the molecule is COC(=O)c1ccc(C(=O)C(=O)c2cc3c(cc2C#Cc2cc(OC)cc(OC)c2)OCCO3)cc1. The number of carbonyl (C=O) groups is 3. The van der Waals surface area contributed by atoms with Gasteiger partial charge < -0.3 is 23.7 Å². The van der Waals surface area contributed by atoms with E-state index in [2.05, 4.69) is 16.6 Å². The maximum atomic E-state index is 13.3. The van der Waals surface area contributed by atoms with Crippen LogP contribution in [0.1, 0.15) is 42.2 Å². The summed E-state index contributed by atoms with van der Waals surface area (Å²) in [6, 6.07) is 13.9. The first kappa shape index (κ1) is 24.4. The van der Waals surface area contributed by atoms with Crippen LogP contribution < -0.4 is 18.9 Å². The fourth-order valence-corrected chi connectivity index (χ4v) is 3.53. The lowest BCUT2D eigenvalue weighted by Crippen LogP contribution is -2.19. The van der Waals surface area contributed by atoms with Crippen molar-refractivity contribution < 1.29 is 38.1 Å². The lowest BCUT2D eigenvalue weighted by Gasteiger charge is -2.19. The van der Waals surface area contributed by atoms with Crippen molar-refractivity contribution in [2.24, 2.45) is 0 Å². The highest BCUT2D eigenvalue weighted by Crippen LogP contribution is 2.34. The molecule has 36 heavy (non-hydrogen) atoms. The first-order valence-electron chi connectivity index (χ1n) is 10.9. The van der Waals surface area contributed by atoms with E-state index in [1.165, 1.54) is 51.7 Å². The number of benzene rings is 3. The summed E-state index contributed by atoms with van der Waals surface area (Å²) >= 11 is 0. The van der Waals surface area contributed by atoms with Gasteiger partial charge in [-0.15, -0.1) is 0 Å². The minimum absolute atomic E-state index is 0.0728. The summed E-state index contributed by atoms with van der Waals surface area (Å²) in [6.07, 6.45) is 0. The van der Waals surface area contributed by atoms with Crippen LogP contribution in [0.2, 0.25) is 0 Å². The van der Waals surface area contributed by atoms with E-state index in [0.717, 1.165) is 0 Å². The molecule has 1 aliphatic heterocycles. The molecule has 0 unspecified atom stereocenters. The van der Waals surface area contributed by atoms with Crippen LogP contribution in [-0.2, 0) is 4.74 Å². The molecule has 0 aromatic heterocycles. The summed E-state index contributed by atoms with van der Waals surface area (Å²) in [5.41, 5.74) is 1.35. The third kappa shape index (κ3) is 5.15. The fourth-order valence-electron chi connectivity index (χ4n) is 3.53. The van der Waals surface area contributed by atoms with E-state index in [4.69, 9.17) is 18.9 Å². The first-order chi connectivity index (χ1) is 17.4. The molecular weight excluding hydrogens is 464 g/mol. The highest BCUT2D eigenvalue weighted by Gasteiger charge is 2.25. The molecule has 0 saturated heterocycles. The third-order valence-corrected chi connectivity index (χ3v) is 5.39. The first-order valence-corrected chi connectivity index (χ1v) is 10.9. The Labute approximate surface area is 207 Å². The molecule has 182 valence electrons. The number of ketones is 2. The van der Waals surface area contributed by atoms with Gasteiger partial charge in [-0.25, -0.2) is 4.79 Å². The number of rotatable bonds is 6. The van der Waals surface area contributed by atoms with E-state index in [-0.39, 0.29) is 16.7 Å².